The van der Waals surface area contributed by atoms with Crippen LogP contribution in [0.3, 0.4) is 0 Å². The van der Waals surface area contributed by atoms with E-state index in [1.807, 2.05) is 24.3 Å². The Bertz CT molecular complexity index is 1370. The maximum Gasteiger partial charge on any atom is 0.306 e. The number of carboxylic acids is 1. The van der Waals surface area contributed by atoms with E-state index < -0.39 is 5.97 Å². The quantitative estimate of drug-likeness (QED) is 0.522. The van der Waals surface area contributed by atoms with Gasteiger partial charge in [-0.25, -0.2) is 4.98 Å². The molecule has 0 aliphatic carbocycles. The predicted octanol–water partition coefficient (Wildman–Crippen LogP) is 2.60. The molecule has 2 saturated heterocycles. The SMILES string of the molecule is N#Cc1ccccc1Cn1c(N2CCCC(N)C2)nc2cc(CN3CCC(C(=O)O)CC3)sc2c1=O. The number of hydrogen-bond acceptors (Lipinski definition) is 8. The van der Waals surface area contributed by atoms with Crippen molar-refractivity contribution < 1.29 is 9.90 Å². The summed E-state index contributed by atoms with van der Waals surface area (Å²) >= 11 is 1.45. The Balaban J connectivity index is 1.50. The third-order valence-corrected chi connectivity index (χ3v) is 8.29. The molecule has 0 saturated carbocycles. The first kappa shape index (κ1) is 24.4. The van der Waals surface area contributed by atoms with E-state index in [1.54, 1.807) is 10.6 Å². The minimum absolute atomic E-state index is 0.0259. The Morgan fingerprint density at radius 2 is 1.97 bits per heavy atom. The summed E-state index contributed by atoms with van der Waals surface area (Å²) in [5.41, 5.74) is 8.15. The molecular weight excluding hydrogens is 476 g/mol. The van der Waals surface area contributed by atoms with Crippen LogP contribution in [-0.2, 0) is 17.9 Å². The molecule has 1 atom stereocenters. The van der Waals surface area contributed by atoms with Gasteiger partial charge in [-0.05, 0) is 56.5 Å². The van der Waals surface area contributed by atoms with Gasteiger partial charge in [0.1, 0.15) is 4.70 Å². The number of piperidine rings is 2. The van der Waals surface area contributed by atoms with Crippen molar-refractivity contribution >= 4 is 33.5 Å². The molecule has 5 rings (SSSR count). The van der Waals surface area contributed by atoms with Crippen molar-refractivity contribution in [3.63, 3.8) is 0 Å². The summed E-state index contributed by atoms with van der Waals surface area (Å²) in [5, 5.41) is 18.8. The lowest BCUT2D eigenvalue weighted by Crippen LogP contribution is -2.45. The first-order chi connectivity index (χ1) is 17.4. The summed E-state index contributed by atoms with van der Waals surface area (Å²) in [6, 6.07) is 11.6. The molecule has 0 spiro atoms. The second kappa shape index (κ2) is 10.4. The standard InChI is InChI=1S/C26H30N6O3S/c27-13-18-4-1-2-5-19(18)14-32-24(33)23-22(29-26(32)31-9-3-6-20(28)15-31)12-21(36-23)16-30-10-7-17(8-11-30)25(34)35/h1-2,4-5,12,17,20H,3,6-11,14-16,28H2,(H,34,35). The number of carboxylic acid groups (broad SMARTS) is 1. The van der Waals surface area contributed by atoms with Gasteiger partial charge in [-0.2, -0.15) is 5.26 Å². The summed E-state index contributed by atoms with van der Waals surface area (Å²) in [7, 11) is 0. The largest absolute Gasteiger partial charge is 0.481 e. The number of nitrogens with two attached hydrogens (primary N) is 1. The highest BCUT2D eigenvalue weighted by atomic mass is 32.1. The Kier molecular flexibility index (Phi) is 7.05. The molecule has 3 N–H and O–H groups in total. The zero-order chi connectivity index (χ0) is 25.2. The van der Waals surface area contributed by atoms with E-state index in [2.05, 4.69) is 15.9 Å². The fourth-order valence-electron chi connectivity index (χ4n) is 5.20. The highest BCUT2D eigenvalue weighted by Gasteiger charge is 2.26. The molecule has 36 heavy (non-hydrogen) atoms. The minimum atomic E-state index is -0.718. The van der Waals surface area contributed by atoms with Crippen molar-refractivity contribution in [2.75, 3.05) is 31.1 Å². The Morgan fingerprint density at radius 1 is 1.19 bits per heavy atom. The van der Waals surface area contributed by atoms with E-state index in [-0.39, 0.29) is 24.1 Å². The third kappa shape index (κ3) is 5.00. The molecule has 0 bridgehead atoms. The maximum absolute atomic E-state index is 13.8. The minimum Gasteiger partial charge on any atom is -0.481 e. The fraction of sp³-hybridized carbons (Fsp3) is 0.462. The molecule has 10 heteroatoms. The monoisotopic (exact) mass is 506 g/mol. The number of aliphatic carboxylic acids is 1. The summed E-state index contributed by atoms with van der Waals surface area (Å²) < 4.78 is 2.29. The van der Waals surface area contributed by atoms with Gasteiger partial charge >= 0.3 is 5.97 Å². The van der Waals surface area contributed by atoms with E-state index in [0.717, 1.165) is 42.9 Å². The van der Waals surface area contributed by atoms with Crippen molar-refractivity contribution in [3.05, 3.63) is 56.7 Å². The molecule has 188 valence electrons. The molecule has 9 nitrogen and oxygen atoms in total. The lowest BCUT2D eigenvalue weighted by molar-refractivity contribution is -0.143. The number of rotatable bonds is 6. The van der Waals surface area contributed by atoms with Gasteiger partial charge in [-0.3, -0.25) is 19.1 Å². The number of carbonyl (C=O) groups is 1. The van der Waals surface area contributed by atoms with Gasteiger partial charge in [0.05, 0.1) is 29.6 Å². The highest BCUT2D eigenvalue weighted by molar-refractivity contribution is 7.18. The second-order valence-corrected chi connectivity index (χ2v) is 10.9. The maximum atomic E-state index is 13.8. The van der Waals surface area contributed by atoms with Gasteiger partial charge in [0.25, 0.3) is 5.56 Å². The van der Waals surface area contributed by atoms with E-state index in [1.165, 1.54) is 11.3 Å². The molecule has 3 aromatic rings. The van der Waals surface area contributed by atoms with E-state index >= 15 is 0 Å². The van der Waals surface area contributed by atoms with Crippen LogP contribution in [0.5, 0.6) is 0 Å². The van der Waals surface area contributed by atoms with Gasteiger partial charge in [-0.15, -0.1) is 11.3 Å². The zero-order valence-corrected chi connectivity index (χ0v) is 20.9. The van der Waals surface area contributed by atoms with Crippen LogP contribution in [0.2, 0.25) is 0 Å². The van der Waals surface area contributed by atoms with Crippen molar-refractivity contribution in [3.8, 4) is 6.07 Å². The first-order valence-corrected chi connectivity index (χ1v) is 13.2. The van der Waals surface area contributed by atoms with Crippen molar-refractivity contribution in [1.82, 2.24) is 14.5 Å². The number of aromatic nitrogens is 2. The number of thiophene rings is 1. The number of hydrogen-bond donors (Lipinski definition) is 2. The smallest absolute Gasteiger partial charge is 0.306 e. The molecule has 0 amide bonds. The zero-order valence-electron chi connectivity index (χ0n) is 20.1. The summed E-state index contributed by atoms with van der Waals surface area (Å²) in [5.74, 6) is -0.390. The van der Waals surface area contributed by atoms with Gasteiger partial charge in [0.2, 0.25) is 5.95 Å². The molecular formula is C26H30N6O3S. The lowest BCUT2D eigenvalue weighted by atomic mass is 9.97. The number of anilines is 1. The summed E-state index contributed by atoms with van der Waals surface area (Å²) in [6.45, 7) is 3.81. The predicted molar refractivity (Wildman–Crippen MR) is 139 cm³/mol. The van der Waals surface area contributed by atoms with Crippen LogP contribution in [0.25, 0.3) is 10.2 Å². The number of nitrogens with zero attached hydrogens (tertiary/aromatic N) is 5. The topological polar surface area (TPSA) is 128 Å². The van der Waals surface area contributed by atoms with Crippen LogP contribution in [0, 0.1) is 17.2 Å². The normalized spacial score (nSPS) is 19.4. The first-order valence-electron chi connectivity index (χ1n) is 12.4. The Labute approximate surface area is 213 Å². The van der Waals surface area contributed by atoms with E-state index in [4.69, 9.17) is 10.7 Å². The number of nitriles is 1. The number of likely N-dealkylation sites (tertiary alicyclic amines) is 1. The van der Waals surface area contributed by atoms with Gasteiger partial charge in [0, 0.05) is 30.6 Å². The summed E-state index contributed by atoms with van der Waals surface area (Å²) in [4.78, 5) is 35.4. The van der Waals surface area contributed by atoms with E-state index in [9.17, 15) is 20.0 Å². The third-order valence-electron chi connectivity index (χ3n) is 7.19. The molecule has 1 unspecified atom stereocenters. The highest BCUT2D eigenvalue weighted by Crippen LogP contribution is 2.28. The van der Waals surface area contributed by atoms with Crippen molar-refractivity contribution in [2.45, 2.75) is 44.8 Å². The number of benzene rings is 1. The fourth-order valence-corrected chi connectivity index (χ4v) is 6.28. The van der Waals surface area contributed by atoms with Crippen LogP contribution in [0.15, 0.2) is 35.1 Å². The van der Waals surface area contributed by atoms with Crippen LogP contribution in [0.4, 0.5) is 5.95 Å². The van der Waals surface area contributed by atoms with Crippen LogP contribution >= 0.6 is 11.3 Å². The molecule has 2 aliphatic heterocycles. The van der Waals surface area contributed by atoms with Gasteiger partial charge in [-0.1, -0.05) is 18.2 Å². The Morgan fingerprint density at radius 3 is 2.69 bits per heavy atom. The average Bonchev–Trinajstić information content (AvgIpc) is 3.29. The number of fused-ring (bicyclic) bond motifs is 1. The average molecular weight is 507 g/mol. The molecule has 2 aliphatic rings. The lowest BCUT2D eigenvalue weighted by Gasteiger charge is -2.33. The summed E-state index contributed by atoms with van der Waals surface area (Å²) in [6.07, 6.45) is 3.17. The molecule has 2 fully saturated rings. The van der Waals surface area contributed by atoms with Gasteiger partial charge in [0.15, 0.2) is 0 Å². The van der Waals surface area contributed by atoms with Crippen LogP contribution < -0.4 is 16.2 Å². The van der Waals surface area contributed by atoms with Crippen LogP contribution in [-0.4, -0.2) is 57.7 Å². The Hall–Kier alpha value is -3.26. The molecule has 1 aromatic carbocycles. The van der Waals surface area contributed by atoms with Crippen molar-refractivity contribution in [2.24, 2.45) is 11.7 Å². The van der Waals surface area contributed by atoms with Crippen molar-refractivity contribution in [1.29, 1.82) is 5.26 Å². The molecule has 0 radical (unpaired) electrons. The molecule has 2 aromatic heterocycles. The van der Waals surface area contributed by atoms with Gasteiger partial charge < -0.3 is 15.7 Å². The van der Waals surface area contributed by atoms with E-state index in [0.29, 0.717) is 47.7 Å². The van der Waals surface area contributed by atoms with Crippen LogP contribution in [0.1, 0.15) is 41.7 Å². The molecule has 4 heterocycles. The second-order valence-electron chi connectivity index (χ2n) is 9.74.